The molecule has 0 aliphatic heterocycles. The van der Waals surface area contributed by atoms with Crippen molar-refractivity contribution in [1.82, 2.24) is 0 Å². The Morgan fingerprint density at radius 3 is 0.879 bits per heavy atom. The molecule has 0 aromatic rings. The number of unbranched alkanes of at least 4 members (excludes halogenated alkanes) is 21. The SMILES string of the molecule is CCCCCCCCCCCC(O)C(CCCCCCCC)CCCCCCCCCCC. The fraction of sp³-hybridized carbons (Fsp3) is 1.00. The van der Waals surface area contributed by atoms with Gasteiger partial charge in [-0.2, -0.15) is 0 Å². The lowest BCUT2D eigenvalue weighted by Gasteiger charge is -2.23. The monoisotopic (exact) mass is 467 g/mol. The number of hydrogen-bond donors (Lipinski definition) is 1. The van der Waals surface area contributed by atoms with Gasteiger partial charge in [0.2, 0.25) is 0 Å². The second kappa shape index (κ2) is 28.2. The molecule has 200 valence electrons. The Morgan fingerprint density at radius 1 is 0.333 bits per heavy atom. The van der Waals surface area contributed by atoms with E-state index in [0.29, 0.717) is 5.92 Å². The third kappa shape index (κ3) is 24.9. The quantitative estimate of drug-likeness (QED) is 0.114. The van der Waals surface area contributed by atoms with E-state index in [1.165, 1.54) is 167 Å². The average molecular weight is 467 g/mol. The van der Waals surface area contributed by atoms with E-state index in [1.54, 1.807) is 0 Å². The van der Waals surface area contributed by atoms with Crippen LogP contribution in [0.25, 0.3) is 0 Å². The highest BCUT2D eigenvalue weighted by Crippen LogP contribution is 2.25. The summed E-state index contributed by atoms with van der Waals surface area (Å²) in [5.74, 6) is 0.565. The van der Waals surface area contributed by atoms with Gasteiger partial charge in [-0.05, 0) is 25.2 Å². The zero-order chi connectivity index (χ0) is 24.2. The smallest absolute Gasteiger partial charge is 0.0568 e. The molecule has 0 saturated heterocycles. The van der Waals surface area contributed by atoms with Gasteiger partial charge in [-0.1, -0.05) is 175 Å². The maximum atomic E-state index is 11.0. The largest absolute Gasteiger partial charge is 0.393 e. The van der Waals surface area contributed by atoms with Gasteiger partial charge >= 0.3 is 0 Å². The molecular formula is C32H66O. The molecule has 0 spiro atoms. The summed E-state index contributed by atoms with van der Waals surface area (Å²) in [5, 5.41) is 11.0. The highest BCUT2D eigenvalue weighted by Gasteiger charge is 2.18. The first kappa shape index (κ1) is 33.0. The van der Waals surface area contributed by atoms with E-state index in [4.69, 9.17) is 0 Å². The Bertz CT molecular complexity index is 339. The Labute approximate surface area is 211 Å². The van der Waals surface area contributed by atoms with Crippen molar-refractivity contribution in [3.63, 3.8) is 0 Å². The minimum Gasteiger partial charge on any atom is -0.393 e. The highest BCUT2D eigenvalue weighted by molar-refractivity contribution is 4.70. The van der Waals surface area contributed by atoms with Gasteiger partial charge in [0.25, 0.3) is 0 Å². The molecule has 0 radical (unpaired) electrons. The lowest BCUT2D eigenvalue weighted by Crippen LogP contribution is -2.20. The van der Waals surface area contributed by atoms with E-state index in [9.17, 15) is 5.11 Å². The van der Waals surface area contributed by atoms with Gasteiger partial charge in [-0.3, -0.25) is 0 Å². The van der Waals surface area contributed by atoms with E-state index in [1.807, 2.05) is 0 Å². The van der Waals surface area contributed by atoms with Gasteiger partial charge in [-0.15, -0.1) is 0 Å². The maximum absolute atomic E-state index is 11.0. The van der Waals surface area contributed by atoms with Gasteiger partial charge in [0.1, 0.15) is 0 Å². The number of hydrogen-bond acceptors (Lipinski definition) is 1. The molecule has 0 aromatic heterocycles. The van der Waals surface area contributed by atoms with E-state index in [0.717, 1.165) is 6.42 Å². The topological polar surface area (TPSA) is 20.2 Å². The van der Waals surface area contributed by atoms with E-state index in [-0.39, 0.29) is 6.10 Å². The zero-order valence-corrected chi connectivity index (χ0v) is 23.7. The molecule has 33 heavy (non-hydrogen) atoms. The number of rotatable bonds is 28. The summed E-state index contributed by atoms with van der Waals surface area (Å²) >= 11 is 0. The zero-order valence-electron chi connectivity index (χ0n) is 23.7. The van der Waals surface area contributed by atoms with Crippen LogP contribution in [0.2, 0.25) is 0 Å². The van der Waals surface area contributed by atoms with Crippen LogP contribution in [0.1, 0.15) is 194 Å². The predicted molar refractivity (Wildman–Crippen MR) is 151 cm³/mol. The van der Waals surface area contributed by atoms with Gasteiger partial charge in [0.05, 0.1) is 6.10 Å². The van der Waals surface area contributed by atoms with Crippen LogP contribution in [-0.4, -0.2) is 11.2 Å². The minimum absolute atomic E-state index is 0.0424. The van der Waals surface area contributed by atoms with E-state index >= 15 is 0 Å². The Kier molecular flexibility index (Phi) is 28.2. The maximum Gasteiger partial charge on any atom is 0.0568 e. The van der Waals surface area contributed by atoms with Crippen LogP contribution in [0, 0.1) is 5.92 Å². The van der Waals surface area contributed by atoms with Crippen molar-refractivity contribution in [2.75, 3.05) is 0 Å². The first-order valence-electron chi connectivity index (χ1n) is 15.9. The van der Waals surface area contributed by atoms with Crippen LogP contribution in [0.3, 0.4) is 0 Å². The number of aliphatic hydroxyl groups excluding tert-OH is 1. The first-order valence-corrected chi connectivity index (χ1v) is 15.9. The van der Waals surface area contributed by atoms with Gasteiger partial charge in [-0.25, -0.2) is 0 Å². The molecule has 1 heteroatoms. The van der Waals surface area contributed by atoms with Crippen molar-refractivity contribution in [3.8, 4) is 0 Å². The average Bonchev–Trinajstić information content (AvgIpc) is 2.82. The second-order valence-electron chi connectivity index (χ2n) is 11.1. The van der Waals surface area contributed by atoms with Crippen LogP contribution in [0.5, 0.6) is 0 Å². The predicted octanol–water partition coefficient (Wildman–Crippen LogP) is 11.6. The molecule has 0 amide bonds. The minimum atomic E-state index is -0.0424. The lowest BCUT2D eigenvalue weighted by atomic mass is 9.87. The second-order valence-corrected chi connectivity index (χ2v) is 11.1. The molecule has 0 rings (SSSR count). The normalized spacial score (nSPS) is 13.5. The molecule has 1 nitrogen and oxygen atoms in total. The fourth-order valence-corrected chi connectivity index (χ4v) is 5.33. The molecule has 0 fully saturated rings. The Balaban J connectivity index is 3.98. The molecule has 1 N–H and O–H groups in total. The van der Waals surface area contributed by atoms with Crippen molar-refractivity contribution < 1.29 is 5.11 Å². The molecule has 0 aliphatic rings. The summed E-state index contributed by atoms with van der Waals surface area (Å²) < 4.78 is 0. The van der Waals surface area contributed by atoms with Crippen molar-refractivity contribution >= 4 is 0 Å². The summed E-state index contributed by atoms with van der Waals surface area (Å²) in [5.41, 5.74) is 0. The molecule has 0 aromatic carbocycles. The number of aliphatic hydroxyl groups is 1. The first-order chi connectivity index (χ1) is 16.3. The summed E-state index contributed by atoms with van der Waals surface area (Å²) in [4.78, 5) is 0. The fourth-order valence-electron chi connectivity index (χ4n) is 5.33. The van der Waals surface area contributed by atoms with Crippen LogP contribution in [-0.2, 0) is 0 Å². The summed E-state index contributed by atoms with van der Waals surface area (Å²) in [6.07, 6.45) is 36.7. The van der Waals surface area contributed by atoms with Crippen molar-refractivity contribution in [2.24, 2.45) is 5.92 Å². The third-order valence-electron chi connectivity index (χ3n) is 7.75. The summed E-state index contributed by atoms with van der Waals surface area (Å²) in [7, 11) is 0. The standard InChI is InChI=1S/C32H66O/c1-4-7-10-13-16-18-20-23-26-29-31(28-25-22-15-12-9-6-3)32(33)30-27-24-21-19-17-14-11-8-5-2/h31-33H,4-30H2,1-3H3. The van der Waals surface area contributed by atoms with E-state index < -0.39 is 0 Å². The van der Waals surface area contributed by atoms with Crippen LogP contribution in [0.4, 0.5) is 0 Å². The highest BCUT2D eigenvalue weighted by atomic mass is 16.3. The van der Waals surface area contributed by atoms with Gasteiger partial charge in [0, 0.05) is 0 Å². The summed E-state index contributed by atoms with van der Waals surface area (Å²) in [6.45, 7) is 6.89. The van der Waals surface area contributed by atoms with Crippen molar-refractivity contribution in [2.45, 2.75) is 200 Å². The lowest BCUT2D eigenvalue weighted by molar-refractivity contribution is 0.0829. The molecule has 2 unspecified atom stereocenters. The molecule has 0 bridgehead atoms. The Morgan fingerprint density at radius 2 is 0.576 bits per heavy atom. The molecule has 2 atom stereocenters. The molecular weight excluding hydrogens is 400 g/mol. The molecule has 0 heterocycles. The molecule has 0 saturated carbocycles. The van der Waals surface area contributed by atoms with Crippen LogP contribution >= 0.6 is 0 Å². The van der Waals surface area contributed by atoms with Crippen LogP contribution in [0.15, 0.2) is 0 Å². The third-order valence-corrected chi connectivity index (χ3v) is 7.75. The summed E-state index contributed by atoms with van der Waals surface area (Å²) in [6, 6.07) is 0. The van der Waals surface area contributed by atoms with Gasteiger partial charge < -0.3 is 5.11 Å². The van der Waals surface area contributed by atoms with E-state index in [2.05, 4.69) is 20.8 Å². The van der Waals surface area contributed by atoms with Gasteiger partial charge in [0.15, 0.2) is 0 Å². The molecule has 0 aliphatic carbocycles. The van der Waals surface area contributed by atoms with Crippen molar-refractivity contribution in [1.29, 1.82) is 0 Å². The van der Waals surface area contributed by atoms with Crippen LogP contribution < -0.4 is 0 Å². The van der Waals surface area contributed by atoms with Crippen molar-refractivity contribution in [3.05, 3.63) is 0 Å². The Hall–Kier alpha value is -0.0400.